The van der Waals surface area contributed by atoms with Crippen LogP contribution in [0.3, 0.4) is 0 Å². The maximum atomic E-state index is 12.5. The van der Waals surface area contributed by atoms with Gasteiger partial charge >= 0.3 is 6.18 Å². The van der Waals surface area contributed by atoms with Crippen LogP contribution in [0.5, 0.6) is 0 Å². The van der Waals surface area contributed by atoms with Crippen molar-refractivity contribution >= 4 is 11.0 Å². The number of halogens is 3. The van der Waals surface area contributed by atoms with E-state index in [4.69, 9.17) is 4.42 Å². The average Bonchev–Trinajstić information content (AvgIpc) is 2.70. The van der Waals surface area contributed by atoms with Crippen LogP contribution in [0.15, 0.2) is 28.7 Å². The smallest absolute Gasteiger partial charge is 0.449 e. The Kier molecular flexibility index (Phi) is 3.11. The molecule has 0 aliphatic carbocycles. The van der Waals surface area contributed by atoms with Crippen LogP contribution in [0.25, 0.3) is 11.0 Å². The van der Waals surface area contributed by atoms with Gasteiger partial charge in [0.05, 0.1) is 0 Å². The van der Waals surface area contributed by atoms with Gasteiger partial charge in [-0.05, 0) is 31.6 Å². The molecule has 1 aromatic heterocycles. The second-order valence-corrected chi connectivity index (χ2v) is 3.80. The molecule has 2 aromatic rings. The quantitative estimate of drug-likeness (QED) is 0.895. The van der Waals surface area contributed by atoms with Crippen molar-refractivity contribution in [1.29, 1.82) is 0 Å². The highest BCUT2D eigenvalue weighted by atomic mass is 19.4. The highest BCUT2D eigenvalue weighted by Gasteiger charge is 2.35. The average molecular weight is 243 g/mol. The zero-order valence-electron chi connectivity index (χ0n) is 9.27. The molecule has 0 fully saturated rings. The zero-order valence-corrected chi connectivity index (χ0v) is 9.27. The van der Waals surface area contributed by atoms with E-state index in [1.165, 1.54) is 0 Å². The topological polar surface area (TPSA) is 25.2 Å². The number of rotatable bonds is 3. The molecule has 1 heterocycles. The first-order chi connectivity index (χ1) is 8.02. The molecule has 1 N–H and O–H groups in total. The van der Waals surface area contributed by atoms with Gasteiger partial charge in [0.15, 0.2) is 0 Å². The summed E-state index contributed by atoms with van der Waals surface area (Å²) in [4.78, 5) is 0. The van der Waals surface area contributed by atoms with E-state index in [2.05, 4.69) is 5.32 Å². The van der Waals surface area contributed by atoms with Crippen molar-refractivity contribution in [2.45, 2.75) is 12.6 Å². The molecule has 0 spiro atoms. The van der Waals surface area contributed by atoms with Crippen molar-refractivity contribution in [3.8, 4) is 0 Å². The molecule has 0 aliphatic heterocycles. The molecule has 92 valence electrons. The molecule has 2 rings (SSSR count). The van der Waals surface area contributed by atoms with Crippen molar-refractivity contribution in [3.05, 3.63) is 35.6 Å². The Labute approximate surface area is 96.4 Å². The van der Waals surface area contributed by atoms with E-state index in [1.807, 2.05) is 0 Å². The van der Waals surface area contributed by atoms with Crippen LogP contribution < -0.4 is 5.32 Å². The number of hydrogen-bond acceptors (Lipinski definition) is 2. The van der Waals surface area contributed by atoms with Crippen molar-refractivity contribution in [2.75, 3.05) is 13.6 Å². The number of fused-ring (bicyclic) bond motifs is 1. The SMILES string of the molecule is CNCCc1cccc2cc(C(F)(F)F)oc12. The minimum absolute atomic E-state index is 0.329. The third-order valence-corrected chi connectivity index (χ3v) is 2.55. The standard InChI is InChI=1S/C12H12F3NO/c1-16-6-5-8-3-2-4-9-7-10(12(13,14)15)17-11(8)9/h2-4,7,16H,5-6H2,1H3. The molecule has 0 bridgehead atoms. The molecule has 0 unspecified atom stereocenters. The summed E-state index contributed by atoms with van der Waals surface area (Å²) in [5.74, 6) is -0.940. The number of para-hydroxylation sites is 1. The lowest BCUT2D eigenvalue weighted by atomic mass is 10.1. The highest BCUT2D eigenvalue weighted by molar-refractivity contribution is 5.81. The summed E-state index contributed by atoms with van der Waals surface area (Å²) in [5, 5.41) is 3.45. The Balaban J connectivity index is 2.45. The van der Waals surface area contributed by atoms with Gasteiger partial charge in [0.2, 0.25) is 5.76 Å². The van der Waals surface area contributed by atoms with E-state index in [9.17, 15) is 13.2 Å². The Morgan fingerprint density at radius 2 is 2.06 bits per heavy atom. The van der Waals surface area contributed by atoms with E-state index in [1.54, 1.807) is 25.2 Å². The van der Waals surface area contributed by atoms with Crippen LogP contribution in [-0.4, -0.2) is 13.6 Å². The van der Waals surface area contributed by atoms with Crippen molar-refractivity contribution in [2.24, 2.45) is 0 Å². The van der Waals surface area contributed by atoms with Crippen LogP contribution in [0, 0.1) is 0 Å². The van der Waals surface area contributed by atoms with Gasteiger partial charge in [-0.1, -0.05) is 18.2 Å². The fourth-order valence-electron chi connectivity index (χ4n) is 1.72. The van der Waals surface area contributed by atoms with Crippen LogP contribution in [0.4, 0.5) is 13.2 Å². The second kappa shape index (κ2) is 4.41. The summed E-state index contributed by atoms with van der Waals surface area (Å²) in [6.07, 6.45) is -3.79. The van der Waals surface area contributed by atoms with Crippen LogP contribution >= 0.6 is 0 Å². The molecular weight excluding hydrogens is 231 g/mol. The molecule has 17 heavy (non-hydrogen) atoms. The Morgan fingerprint density at radius 3 is 2.71 bits per heavy atom. The highest BCUT2D eigenvalue weighted by Crippen LogP contribution is 2.34. The maximum Gasteiger partial charge on any atom is 0.449 e. The molecule has 0 saturated carbocycles. The lowest BCUT2D eigenvalue weighted by Gasteiger charge is -2.02. The first kappa shape index (κ1) is 12.0. The van der Waals surface area contributed by atoms with E-state index >= 15 is 0 Å². The number of nitrogens with one attached hydrogen (secondary N) is 1. The third-order valence-electron chi connectivity index (χ3n) is 2.55. The number of hydrogen-bond donors (Lipinski definition) is 1. The summed E-state index contributed by atoms with van der Waals surface area (Å²) in [6.45, 7) is 0.696. The zero-order chi connectivity index (χ0) is 12.5. The van der Waals surface area contributed by atoms with Gasteiger partial charge < -0.3 is 9.73 Å². The fraction of sp³-hybridized carbons (Fsp3) is 0.333. The molecule has 0 saturated heterocycles. The lowest BCUT2D eigenvalue weighted by molar-refractivity contribution is -0.152. The van der Waals surface area contributed by atoms with E-state index < -0.39 is 11.9 Å². The molecule has 0 radical (unpaired) electrons. The number of alkyl halides is 3. The van der Waals surface area contributed by atoms with Gasteiger partial charge in [-0.3, -0.25) is 0 Å². The Morgan fingerprint density at radius 1 is 1.29 bits per heavy atom. The van der Waals surface area contributed by atoms with Gasteiger partial charge in [-0.2, -0.15) is 13.2 Å². The van der Waals surface area contributed by atoms with E-state index in [0.29, 0.717) is 23.9 Å². The van der Waals surface area contributed by atoms with Gasteiger partial charge in [-0.15, -0.1) is 0 Å². The van der Waals surface area contributed by atoms with Crippen LogP contribution in [-0.2, 0) is 12.6 Å². The molecule has 0 aliphatic rings. The van der Waals surface area contributed by atoms with Gasteiger partial charge in [0, 0.05) is 5.39 Å². The molecule has 2 nitrogen and oxygen atoms in total. The predicted octanol–water partition coefficient (Wildman–Crippen LogP) is 3.21. The van der Waals surface area contributed by atoms with Crippen LogP contribution in [0.2, 0.25) is 0 Å². The molecule has 0 atom stereocenters. The van der Waals surface area contributed by atoms with Crippen LogP contribution in [0.1, 0.15) is 11.3 Å². The third kappa shape index (κ3) is 2.44. The number of furan rings is 1. The fourth-order valence-corrected chi connectivity index (χ4v) is 1.72. The first-order valence-electron chi connectivity index (χ1n) is 5.25. The van der Waals surface area contributed by atoms with E-state index in [-0.39, 0.29) is 0 Å². The Bertz CT molecular complexity index is 516. The minimum Gasteiger partial charge on any atom is -0.451 e. The monoisotopic (exact) mass is 243 g/mol. The molecule has 0 amide bonds. The van der Waals surface area contributed by atoms with Crippen molar-refractivity contribution < 1.29 is 17.6 Å². The summed E-state index contributed by atoms with van der Waals surface area (Å²) >= 11 is 0. The number of likely N-dealkylation sites (N-methyl/N-ethyl adjacent to an activating group) is 1. The second-order valence-electron chi connectivity index (χ2n) is 3.80. The van der Waals surface area contributed by atoms with Gasteiger partial charge in [-0.25, -0.2) is 0 Å². The maximum absolute atomic E-state index is 12.5. The minimum atomic E-state index is -4.43. The van der Waals surface area contributed by atoms with Crippen molar-refractivity contribution in [1.82, 2.24) is 5.32 Å². The lowest BCUT2D eigenvalue weighted by Crippen LogP contribution is -2.10. The number of benzene rings is 1. The van der Waals surface area contributed by atoms with Crippen molar-refractivity contribution in [3.63, 3.8) is 0 Å². The summed E-state index contributed by atoms with van der Waals surface area (Å²) in [5.41, 5.74) is 1.11. The van der Waals surface area contributed by atoms with E-state index in [0.717, 1.165) is 11.6 Å². The summed E-state index contributed by atoms with van der Waals surface area (Å²) < 4.78 is 42.4. The summed E-state index contributed by atoms with van der Waals surface area (Å²) in [7, 11) is 1.80. The normalized spacial score (nSPS) is 12.2. The summed E-state index contributed by atoms with van der Waals surface area (Å²) in [6, 6.07) is 6.18. The Hall–Kier alpha value is -1.49. The molecule has 1 aromatic carbocycles. The van der Waals surface area contributed by atoms with Gasteiger partial charge in [0.1, 0.15) is 5.58 Å². The molecular formula is C12H12F3NO. The predicted molar refractivity (Wildman–Crippen MR) is 58.8 cm³/mol. The largest absolute Gasteiger partial charge is 0.451 e. The van der Waals surface area contributed by atoms with Gasteiger partial charge in [0.25, 0.3) is 0 Å². The molecule has 5 heteroatoms. The first-order valence-corrected chi connectivity index (χ1v) is 5.25.